The average molecular weight is 563 g/mol. The number of aryl methyl sites for hydroxylation is 2. The Kier molecular flexibility index (Phi) is 7.01. The van der Waals surface area contributed by atoms with E-state index in [0.29, 0.717) is 45.4 Å². The number of aromatic nitrogens is 4. The Morgan fingerprint density at radius 2 is 1.74 bits per heavy atom. The van der Waals surface area contributed by atoms with Crippen LogP contribution >= 0.6 is 23.1 Å². The van der Waals surface area contributed by atoms with Crippen LogP contribution in [0, 0.1) is 0 Å². The lowest BCUT2D eigenvalue weighted by Crippen LogP contribution is -2.22. The van der Waals surface area contributed by atoms with Crippen LogP contribution in [0.15, 0.2) is 56.9 Å². The summed E-state index contributed by atoms with van der Waals surface area (Å²) in [5.41, 5.74) is 2.49. The molecule has 0 saturated heterocycles. The lowest BCUT2D eigenvalue weighted by molar-refractivity contribution is 0.389. The summed E-state index contributed by atoms with van der Waals surface area (Å²) in [6.07, 6.45) is 4.15. The molecule has 3 aromatic heterocycles. The third kappa shape index (κ3) is 4.76. The van der Waals surface area contributed by atoms with Gasteiger partial charge in [-0.1, -0.05) is 16.9 Å². The number of hydrogen-bond acceptors (Lipinski definition) is 10. The molecule has 2 aromatic carbocycles. The molecule has 5 aromatic rings. The molecule has 0 unspecified atom stereocenters. The molecule has 0 spiro atoms. The Hall–Kier alpha value is -3.83. The molecule has 0 atom stereocenters. The van der Waals surface area contributed by atoms with Crippen LogP contribution in [0.4, 0.5) is 0 Å². The highest BCUT2D eigenvalue weighted by molar-refractivity contribution is 7.98. The predicted molar refractivity (Wildman–Crippen MR) is 151 cm³/mol. The fourth-order valence-corrected chi connectivity index (χ4v) is 6.93. The zero-order chi connectivity index (χ0) is 26.9. The Labute approximate surface area is 232 Å². The van der Waals surface area contributed by atoms with Crippen molar-refractivity contribution in [2.45, 2.75) is 36.6 Å². The topological polar surface area (TPSA) is 102 Å². The van der Waals surface area contributed by atoms with Gasteiger partial charge in [-0.3, -0.25) is 9.36 Å². The van der Waals surface area contributed by atoms with Crippen LogP contribution in [0.25, 0.3) is 27.3 Å². The lowest BCUT2D eigenvalue weighted by Gasteiger charge is -2.13. The van der Waals surface area contributed by atoms with Gasteiger partial charge >= 0.3 is 0 Å². The highest BCUT2D eigenvalue weighted by Gasteiger charge is 2.24. The molecular formula is C28H26N4O5S2. The lowest BCUT2D eigenvalue weighted by atomic mass is 9.97. The summed E-state index contributed by atoms with van der Waals surface area (Å²) in [6, 6.07) is 12.8. The van der Waals surface area contributed by atoms with E-state index in [9.17, 15) is 4.79 Å². The molecule has 1 aliphatic rings. The minimum absolute atomic E-state index is 0.0561. The molecule has 0 amide bonds. The van der Waals surface area contributed by atoms with Crippen LogP contribution in [-0.2, 0) is 18.6 Å². The molecule has 0 radical (unpaired) electrons. The Balaban J connectivity index is 1.38. The van der Waals surface area contributed by atoms with Gasteiger partial charge in [0.2, 0.25) is 11.7 Å². The molecular weight excluding hydrogens is 536 g/mol. The van der Waals surface area contributed by atoms with Gasteiger partial charge in [0, 0.05) is 4.88 Å². The Morgan fingerprint density at radius 3 is 2.51 bits per heavy atom. The summed E-state index contributed by atoms with van der Waals surface area (Å²) in [6.45, 7) is 0. The molecule has 1 aliphatic carbocycles. The van der Waals surface area contributed by atoms with Gasteiger partial charge in [-0.15, -0.1) is 11.3 Å². The first-order valence-electron chi connectivity index (χ1n) is 12.5. The number of ether oxygens (including phenoxy) is 3. The van der Waals surface area contributed by atoms with E-state index in [0.717, 1.165) is 47.2 Å². The van der Waals surface area contributed by atoms with E-state index in [1.54, 1.807) is 49.4 Å². The SMILES string of the molecule is COc1ccc(-n2c(SCc3nc(-c4cc(OC)ccc4OC)no3)nc3sc4c(c3c2=O)CCCC4)cc1. The molecule has 9 nitrogen and oxygen atoms in total. The van der Waals surface area contributed by atoms with Crippen LogP contribution in [0.3, 0.4) is 0 Å². The van der Waals surface area contributed by atoms with Gasteiger partial charge in [-0.25, -0.2) is 4.98 Å². The number of rotatable bonds is 8. The minimum atomic E-state index is -0.0561. The van der Waals surface area contributed by atoms with E-state index < -0.39 is 0 Å². The highest BCUT2D eigenvalue weighted by atomic mass is 32.2. The van der Waals surface area contributed by atoms with Crippen molar-refractivity contribution in [3.8, 4) is 34.3 Å². The van der Waals surface area contributed by atoms with E-state index in [1.165, 1.54) is 16.6 Å². The maximum atomic E-state index is 14.0. The molecule has 0 N–H and O–H groups in total. The van der Waals surface area contributed by atoms with Crippen molar-refractivity contribution < 1.29 is 18.7 Å². The number of thiophene rings is 1. The first-order chi connectivity index (χ1) is 19.1. The average Bonchev–Trinajstić information content (AvgIpc) is 3.60. The van der Waals surface area contributed by atoms with Crippen LogP contribution in [0.1, 0.15) is 29.2 Å². The summed E-state index contributed by atoms with van der Waals surface area (Å²) in [5, 5.41) is 5.46. The number of fused-ring (bicyclic) bond motifs is 3. The van der Waals surface area contributed by atoms with E-state index >= 15 is 0 Å². The normalized spacial score (nSPS) is 12.9. The van der Waals surface area contributed by atoms with Gasteiger partial charge in [0.15, 0.2) is 5.16 Å². The third-order valence-electron chi connectivity index (χ3n) is 6.73. The summed E-state index contributed by atoms with van der Waals surface area (Å²) < 4.78 is 23.4. The van der Waals surface area contributed by atoms with E-state index in [4.69, 9.17) is 23.7 Å². The second-order valence-corrected chi connectivity index (χ2v) is 11.0. The van der Waals surface area contributed by atoms with Crippen molar-refractivity contribution in [1.82, 2.24) is 19.7 Å². The first-order valence-corrected chi connectivity index (χ1v) is 14.3. The maximum absolute atomic E-state index is 14.0. The van der Waals surface area contributed by atoms with Crippen molar-refractivity contribution in [3.05, 3.63) is 69.1 Å². The van der Waals surface area contributed by atoms with Gasteiger partial charge < -0.3 is 18.7 Å². The summed E-state index contributed by atoms with van der Waals surface area (Å²) in [4.78, 5) is 25.6. The quantitative estimate of drug-likeness (QED) is 0.174. The summed E-state index contributed by atoms with van der Waals surface area (Å²) in [5.74, 6) is 3.11. The van der Waals surface area contributed by atoms with E-state index in [2.05, 4.69) is 10.1 Å². The highest BCUT2D eigenvalue weighted by Crippen LogP contribution is 2.36. The van der Waals surface area contributed by atoms with E-state index in [-0.39, 0.29) is 5.56 Å². The molecule has 11 heteroatoms. The largest absolute Gasteiger partial charge is 0.497 e. The number of thioether (sulfide) groups is 1. The van der Waals surface area contributed by atoms with Gasteiger partial charge in [0.25, 0.3) is 5.56 Å². The molecule has 39 heavy (non-hydrogen) atoms. The monoisotopic (exact) mass is 562 g/mol. The minimum Gasteiger partial charge on any atom is -0.497 e. The third-order valence-corrected chi connectivity index (χ3v) is 8.84. The van der Waals surface area contributed by atoms with Gasteiger partial charge in [0.1, 0.15) is 22.1 Å². The van der Waals surface area contributed by atoms with Gasteiger partial charge in [0.05, 0.1) is 43.7 Å². The molecule has 0 saturated carbocycles. The standard InChI is InChI=1S/C28H26N4O5S2/c1-34-17-10-8-16(9-11-17)32-27(33)24-19-6-4-5-7-22(19)39-26(24)30-28(32)38-15-23-29-25(31-37-23)20-14-18(35-2)12-13-21(20)36-3/h8-14H,4-7,15H2,1-3H3. The van der Waals surface area contributed by atoms with Crippen LogP contribution in [0.2, 0.25) is 0 Å². The molecule has 0 bridgehead atoms. The van der Waals surface area contributed by atoms with E-state index in [1.807, 2.05) is 30.3 Å². The molecule has 0 fully saturated rings. The Bertz CT molecular complexity index is 1710. The number of nitrogens with zero attached hydrogens (tertiary/aromatic N) is 4. The number of benzene rings is 2. The van der Waals surface area contributed by atoms with Crippen molar-refractivity contribution in [2.24, 2.45) is 0 Å². The van der Waals surface area contributed by atoms with Gasteiger partial charge in [-0.2, -0.15) is 4.98 Å². The fourth-order valence-electron chi connectivity index (χ4n) is 4.78. The first kappa shape index (κ1) is 25.4. The zero-order valence-electron chi connectivity index (χ0n) is 21.7. The van der Waals surface area contributed by atoms with Crippen molar-refractivity contribution in [3.63, 3.8) is 0 Å². The Morgan fingerprint density at radius 1 is 0.974 bits per heavy atom. The maximum Gasteiger partial charge on any atom is 0.267 e. The van der Waals surface area contributed by atoms with Crippen molar-refractivity contribution in [2.75, 3.05) is 21.3 Å². The van der Waals surface area contributed by atoms with Crippen LogP contribution < -0.4 is 19.8 Å². The summed E-state index contributed by atoms with van der Waals surface area (Å²) in [7, 11) is 4.80. The van der Waals surface area contributed by atoms with Crippen molar-refractivity contribution >= 4 is 33.3 Å². The second-order valence-electron chi connectivity index (χ2n) is 8.99. The summed E-state index contributed by atoms with van der Waals surface area (Å²) >= 11 is 3.01. The molecule has 6 rings (SSSR count). The van der Waals surface area contributed by atoms with Crippen LogP contribution in [0.5, 0.6) is 17.2 Å². The molecule has 0 aliphatic heterocycles. The number of hydrogen-bond donors (Lipinski definition) is 0. The molecule has 3 heterocycles. The van der Waals surface area contributed by atoms with Crippen molar-refractivity contribution in [1.29, 1.82) is 0 Å². The van der Waals surface area contributed by atoms with Crippen LogP contribution in [-0.4, -0.2) is 41.0 Å². The fraction of sp³-hybridized carbons (Fsp3) is 0.286. The second kappa shape index (κ2) is 10.7. The predicted octanol–water partition coefficient (Wildman–Crippen LogP) is 5.69. The van der Waals surface area contributed by atoms with Gasteiger partial charge in [-0.05, 0) is 73.7 Å². The zero-order valence-corrected chi connectivity index (χ0v) is 23.4. The molecule has 200 valence electrons. The number of methoxy groups -OCH3 is 3. The smallest absolute Gasteiger partial charge is 0.267 e.